The number of rotatable bonds is 5. The molecule has 1 rings (SSSR count). The zero-order valence-corrected chi connectivity index (χ0v) is 8.94. The van der Waals surface area contributed by atoms with E-state index in [9.17, 15) is 4.79 Å². The summed E-state index contributed by atoms with van der Waals surface area (Å²) in [5, 5.41) is 2.73. The Morgan fingerprint density at radius 2 is 2.13 bits per heavy atom. The van der Waals surface area contributed by atoms with Gasteiger partial charge in [-0.25, -0.2) is 0 Å². The average Bonchev–Trinajstić information content (AvgIpc) is 2.27. The summed E-state index contributed by atoms with van der Waals surface area (Å²) >= 11 is 0. The van der Waals surface area contributed by atoms with Crippen LogP contribution in [0.1, 0.15) is 0 Å². The predicted octanol–water partition coefficient (Wildman–Crippen LogP) is 1.42. The van der Waals surface area contributed by atoms with Gasteiger partial charge in [-0.15, -0.1) is 6.58 Å². The maximum Gasteiger partial charge on any atom is 0.239 e. The lowest BCUT2D eigenvalue weighted by Crippen LogP contribution is -2.35. The predicted molar refractivity (Wildman–Crippen MR) is 62.9 cm³/mol. The highest BCUT2D eigenvalue weighted by molar-refractivity contribution is 5.81. The van der Waals surface area contributed by atoms with Crippen LogP contribution in [0.2, 0.25) is 0 Å². The first-order valence-corrected chi connectivity index (χ1v) is 4.88. The smallest absolute Gasteiger partial charge is 0.239 e. The number of nitrogens with zero attached hydrogens (tertiary/aromatic N) is 1. The molecule has 0 radical (unpaired) electrons. The van der Waals surface area contributed by atoms with Gasteiger partial charge in [0.1, 0.15) is 0 Å². The van der Waals surface area contributed by atoms with Crippen LogP contribution < -0.4 is 10.2 Å². The normalized spacial score (nSPS) is 9.40. The molecule has 0 spiro atoms. The zero-order valence-electron chi connectivity index (χ0n) is 8.94. The third kappa shape index (κ3) is 3.85. The van der Waals surface area contributed by atoms with Crippen LogP contribution in [0.4, 0.5) is 5.69 Å². The van der Waals surface area contributed by atoms with Crippen molar-refractivity contribution in [1.82, 2.24) is 5.32 Å². The Morgan fingerprint density at radius 1 is 1.47 bits per heavy atom. The van der Waals surface area contributed by atoms with Crippen molar-refractivity contribution in [2.45, 2.75) is 0 Å². The summed E-state index contributed by atoms with van der Waals surface area (Å²) in [6.45, 7) is 4.42. The number of likely N-dealkylation sites (N-methyl/N-ethyl adjacent to an activating group) is 1. The van der Waals surface area contributed by atoms with Crippen LogP contribution in [0.25, 0.3) is 0 Å². The van der Waals surface area contributed by atoms with Crippen LogP contribution in [-0.2, 0) is 4.79 Å². The van der Waals surface area contributed by atoms with Gasteiger partial charge in [-0.05, 0) is 12.1 Å². The van der Waals surface area contributed by atoms with E-state index in [1.165, 1.54) is 0 Å². The topological polar surface area (TPSA) is 32.3 Å². The third-order valence-electron chi connectivity index (χ3n) is 2.02. The largest absolute Gasteiger partial charge is 0.365 e. The van der Waals surface area contributed by atoms with E-state index in [0.717, 1.165) is 5.69 Å². The molecule has 0 saturated carbocycles. The van der Waals surface area contributed by atoms with Crippen molar-refractivity contribution >= 4 is 11.6 Å². The van der Waals surface area contributed by atoms with Crippen LogP contribution in [0.5, 0.6) is 0 Å². The number of benzene rings is 1. The van der Waals surface area contributed by atoms with E-state index in [1.54, 1.807) is 6.08 Å². The number of carbonyl (C=O) groups excluding carboxylic acids is 1. The lowest BCUT2D eigenvalue weighted by Gasteiger charge is -2.18. The van der Waals surface area contributed by atoms with Crippen molar-refractivity contribution < 1.29 is 4.79 Å². The van der Waals surface area contributed by atoms with E-state index in [2.05, 4.69) is 11.9 Å². The van der Waals surface area contributed by atoms with Gasteiger partial charge in [0.05, 0.1) is 6.54 Å². The van der Waals surface area contributed by atoms with Gasteiger partial charge in [-0.1, -0.05) is 24.3 Å². The lowest BCUT2D eigenvalue weighted by atomic mass is 10.3. The minimum absolute atomic E-state index is 0.00116. The molecule has 1 amide bonds. The molecule has 1 aromatic carbocycles. The summed E-state index contributed by atoms with van der Waals surface area (Å²) in [6.07, 6.45) is 1.67. The second-order valence-electron chi connectivity index (χ2n) is 3.28. The molecule has 1 N–H and O–H groups in total. The van der Waals surface area contributed by atoms with Gasteiger partial charge in [0.25, 0.3) is 0 Å². The molecule has 80 valence electrons. The molecule has 0 aliphatic rings. The van der Waals surface area contributed by atoms with E-state index >= 15 is 0 Å². The van der Waals surface area contributed by atoms with Crippen molar-refractivity contribution in [3.8, 4) is 0 Å². The first-order chi connectivity index (χ1) is 7.24. The molecule has 0 aliphatic carbocycles. The average molecular weight is 204 g/mol. The Hall–Kier alpha value is -1.77. The first kappa shape index (κ1) is 11.3. The maximum atomic E-state index is 11.4. The van der Waals surface area contributed by atoms with E-state index in [-0.39, 0.29) is 5.91 Å². The summed E-state index contributed by atoms with van der Waals surface area (Å²) in [5.74, 6) is 0.00116. The number of nitrogens with one attached hydrogen (secondary N) is 1. The summed E-state index contributed by atoms with van der Waals surface area (Å²) < 4.78 is 0. The van der Waals surface area contributed by atoms with Gasteiger partial charge in [-0.3, -0.25) is 4.79 Å². The number of amides is 1. The van der Waals surface area contributed by atoms with Crippen LogP contribution >= 0.6 is 0 Å². The second kappa shape index (κ2) is 5.86. The fraction of sp³-hybridized carbons (Fsp3) is 0.250. The van der Waals surface area contributed by atoms with Crippen molar-refractivity contribution in [3.05, 3.63) is 43.0 Å². The fourth-order valence-electron chi connectivity index (χ4n) is 1.23. The fourth-order valence-corrected chi connectivity index (χ4v) is 1.23. The third-order valence-corrected chi connectivity index (χ3v) is 2.02. The van der Waals surface area contributed by atoms with Crippen LogP contribution in [0.15, 0.2) is 43.0 Å². The lowest BCUT2D eigenvalue weighted by molar-refractivity contribution is -0.119. The number of hydrogen-bond acceptors (Lipinski definition) is 2. The van der Waals surface area contributed by atoms with E-state index in [4.69, 9.17) is 0 Å². The molecule has 0 fully saturated rings. The SMILES string of the molecule is C=CCNC(=O)CN(C)c1ccccc1. The van der Waals surface area contributed by atoms with Crippen LogP contribution in [0, 0.1) is 0 Å². The molecule has 0 aromatic heterocycles. The van der Waals surface area contributed by atoms with Gasteiger partial charge >= 0.3 is 0 Å². The molecular formula is C12H16N2O. The van der Waals surface area contributed by atoms with Gasteiger partial charge in [-0.2, -0.15) is 0 Å². The van der Waals surface area contributed by atoms with Crippen LogP contribution in [-0.4, -0.2) is 26.0 Å². The minimum atomic E-state index is 0.00116. The Morgan fingerprint density at radius 3 is 2.73 bits per heavy atom. The Balaban J connectivity index is 2.45. The maximum absolute atomic E-state index is 11.4. The molecule has 0 atom stereocenters. The molecule has 0 bridgehead atoms. The highest BCUT2D eigenvalue weighted by Crippen LogP contribution is 2.09. The van der Waals surface area contributed by atoms with Crippen molar-refractivity contribution in [3.63, 3.8) is 0 Å². The van der Waals surface area contributed by atoms with Gasteiger partial charge in [0.15, 0.2) is 0 Å². The Bertz CT molecular complexity index is 322. The van der Waals surface area contributed by atoms with E-state index in [0.29, 0.717) is 13.1 Å². The second-order valence-corrected chi connectivity index (χ2v) is 3.28. The standard InChI is InChI=1S/C12H16N2O/c1-3-9-13-12(15)10-14(2)11-7-5-4-6-8-11/h3-8H,1,9-10H2,2H3,(H,13,15). The van der Waals surface area contributed by atoms with Crippen molar-refractivity contribution in [2.75, 3.05) is 25.0 Å². The molecule has 0 unspecified atom stereocenters. The Labute approximate surface area is 90.4 Å². The van der Waals surface area contributed by atoms with Gasteiger partial charge in [0.2, 0.25) is 5.91 Å². The summed E-state index contributed by atoms with van der Waals surface area (Å²) in [4.78, 5) is 13.3. The van der Waals surface area contributed by atoms with Crippen LogP contribution in [0.3, 0.4) is 0 Å². The molecule has 1 aromatic rings. The van der Waals surface area contributed by atoms with E-state index in [1.807, 2.05) is 42.3 Å². The summed E-state index contributed by atoms with van der Waals surface area (Å²) in [5.41, 5.74) is 1.03. The van der Waals surface area contributed by atoms with E-state index < -0.39 is 0 Å². The monoisotopic (exact) mass is 204 g/mol. The van der Waals surface area contributed by atoms with Crippen molar-refractivity contribution in [2.24, 2.45) is 0 Å². The molecular weight excluding hydrogens is 188 g/mol. The number of anilines is 1. The summed E-state index contributed by atoms with van der Waals surface area (Å²) in [7, 11) is 1.89. The van der Waals surface area contributed by atoms with Gasteiger partial charge < -0.3 is 10.2 Å². The highest BCUT2D eigenvalue weighted by atomic mass is 16.1. The molecule has 15 heavy (non-hydrogen) atoms. The Kier molecular flexibility index (Phi) is 4.41. The molecule has 0 aliphatic heterocycles. The molecule has 3 nitrogen and oxygen atoms in total. The first-order valence-electron chi connectivity index (χ1n) is 4.88. The number of carbonyl (C=O) groups is 1. The zero-order chi connectivity index (χ0) is 11.1. The quantitative estimate of drug-likeness (QED) is 0.736. The minimum Gasteiger partial charge on any atom is -0.365 e. The number of hydrogen-bond donors (Lipinski definition) is 1. The number of para-hydroxylation sites is 1. The molecule has 3 heteroatoms. The highest BCUT2D eigenvalue weighted by Gasteiger charge is 2.05. The van der Waals surface area contributed by atoms with Crippen molar-refractivity contribution in [1.29, 1.82) is 0 Å². The van der Waals surface area contributed by atoms with Gasteiger partial charge in [0, 0.05) is 19.3 Å². The molecule has 0 heterocycles. The molecule has 0 saturated heterocycles. The summed E-state index contributed by atoms with van der Waals surface area (Å²) in [6, 6.07) is 9.80.